The minimum Gasteiger partial charge on any atom is -0.0874 e. The molecule has 21 heavy (non-hydrogen) atoms. The van der Waals surface area contributed by atoms with Crippen LogP contribution in [-0.4, -0.2) is 0 Å². The van der Waals surface area contributed by atoms with Crippen molar-refractivity contribution in [1.82, 2.24) is 0 Å². The van der Waals surface area contributed by atoms with E-state index in [1.165, 1.54) is 14.7 Å². The zero-order chi connectivity index (χ0) is 15.1. The Hall–Kier alpha value is -1.53. The van der Waals surface area contributed by atoms with Gasteiger partial charge in [-0.2, -0.15) is 0 Å². The van der Waals surface area contributed by atoms with Gasteiger partial charge in [-0.15, -0.1) is 0 Å². The third-order valence-electron chi connectivity index (χ3n) is 3.37. The molecule has 0 spiro atoms. The van der Waals surface area contributed by atoms with Crippen molar-refractivity contribution in [2.75, 3.05) is 0 Å². The normalized spacial score (nSPS) is 9.81. The van der Waals surface area contributed by atoms with Crippen molar-refractivity contribution in [3.05, 3.63) is 80.9 Å². The zero-order valence-electron chi connectivity index (χ0n) is 12.3. The fraction of sp³-hybridized carbons (Fsp3) is 0.200. The minimum absolute atomic E-state index is 0.917. The molecule has 0 nitrogen and oxygen atoms in total. The van der Waals surface area contributed by atoms with Crippen LogP contribution in [0.3, 0.4) is 0 Å². The third-order valence-corrected chi connectivity index (χ3v) is 4.27. The number of benzene rings is 2. The number of allylic oxidation sites excluding steroid dienone is 1. The van der Waals surface area contributed by atoms with Crippen molar-refractivity contribution in [2.45, 2.75) is 26.2 Å². The molecular weight excluding hydrogens is 367 g/mol. The first kappa shape index (κ1) is 15.9. The van der Waals surface area contributed by atoms with Crippen LogP contribution in [0.25, 0.3) is 0 Å². The van der Waals surface area contributed by atoms with Crippen molar-refractivity contribution in [2.24, 2.45) is 0 Å². The van der Waals surface area contributed by atoms with Crippen LogP contribution in [-0.2, 0) is 12.8 Å². The highest BCUT2D eigenvalue weighted by molar-refractivity contribution is 14.1. The van der Waals surface area contributed by atoms with Crippen molar-refractivity contribution < 1.29 is 0 Å². The predicted molar refractivity (Wildman–Crippen MR) is 99.3 cm³/mol. The van der Waals surface area contributed by atoms with Crippen LogP contribution in [0.5, 0.6) is 0 Å². The number of hydrogen-bond donors (Lipinski definition) is 0. The Morgan fingerprint density at radius 3 is 2.52 bits per heavy atom. The topological polar surface area (TPSA) is 0 Å². The molecule has 106 valence electrons. The molecular formula is C20H19I. The monoisotopic (exact) mass is 386 g/mol. The largest absolute Gasteiger partial charge is 0.0874 e. The minimum atomic E-state index is 0.917. The van der Waals surface area contributed by atoms with Crippen LogP contribution in [0.1, 0.15) is 30.0 Å². The SMILES string of the molecule is C=C(C#Cc1ccc(CC)cc1I)CCc1ccccc1. The fourth-order valence-electron chi connectivity index (χ4n) is 2.04. The Kier molecular flexibility index (Phi) is 6.07. The molecule has 0 aromatic heterocycles. The first-order chi connectivity index (χ1) is 10.2. The van der Waals surface area contributed by atoms with E-state index in [1.807, 2.05) is 6.07 Å². The zero-order valence-corrected chi connectivity index (χ0v) is 14.5. The van der Waals surface area contributed by atoms with E-state index < -0.39 is 0 Å². The van der Waals surface area contributed by atoms with Crippen molar-refractivity contribution in [3.8, 4) is 11.8 Å². The second-order valence-corrected chi connectivity index (χ2v) is 6.17. The molecule has 0 unspecified atom stereocenters. The van der Waals surface area contributed by atoms with E-state index in [1.54, 1.807) is 0 Å². The van der Waals surface area contributed by atoms with Gasteiger partial charge in [-0.05, 0) is 70.7 Å². The van der Waals surface area contributed by atoms with Gasteiger partial charge in [-0.25, -0.2) is 0 Å². The molecule has 0 bridgehead atoms. The number of hydrogen-bond acceptors (Lipinski definition) is 0. The Bertz CT molecular complexity index is 672. The maximum atomic E-state index is 4.07. The summed E-state index contributed by atoms with van der Waals surface area (Å²) in [5, 5.41) is 0. The molecule has 0 aliphatic rings. The Morgan fingerprint density at radius 1 is 1.10 bits per heavy atom. The van der Waals surface area contributed by atoms with E-state index >= 15 is 0 Å². The lowest BCUT2D eigenvalue weighted by atomic mass is 10.1. The molecule has 1 heteroatoms. The molecule has 0 saturated carbocycles. The van der Waals surface area contributed by atoms with Crippen LogP contribution < -0.4 is 0 Å². The van der Waals surface area contributed by atoms with Gasteiger partial charge < -0.3 is 0 Å². The maximum absolute atomic E-state index is 4.07. The van der Waals surface area contributed by atoms with Crippen LogP contribution in [0.2, 0.25) is 0 Å². The number of rotatable bonds is 4. The highest BCUT2D eigenvalue weighted by Gasteiger charge is 1.98. The smallest absolute Gasteiger partial charge is 0.0382 e. The standard InChI is InChI=1S/C20H19I/c1-3-17-12-14-19(20(21)15-17)13-10-16(2)9-11-18-7-5-4-6-8-18/h4-8,12,14-15H,2-3,9,11H2,1H3. The van der Waals surface area contributed by atoms with Gasteiger partial charge in [0.25, 0.3) is 0 Å². The highest BCUT2D eigenvalue weighted by atomic mass is 127. The summed E-state index contributed by atoms with van der Waals surface area (Å²) in [4.78, 5) is 0. The molecule has 0 amide bonds. The number of halogens is 1. The van der Waals surface area contributed by atoms with Gasteiger partial charge in [0.2, 0.25) is 0 Å². The third kappa shape index (κ3) is 5.06. The molecule has 0 radical (unpaired) electrons. The molecule has 0 atom stereocenters. The predicted octanol–water partition coefficient (Wildman–Crippen LogP) is 5.39. The molecule has 0 N–H and O–H groups in total. The van der Waals surface area contributed by atoms with Crippen LogP contribution >= 0.6 is 22.6 Å². The molecule has 2 rings (SSSR count). The van der Waals surface area contributed by atoms with Crippen molar-refractivity contribution in [1.29, 1.82) is 0 Å². The average Bonchev–Trinajstić information content (AvgIpc) is 2.52. The van der Waals surface area contributed by atoms with Gasteiger partial charge in [-0.1, -0.05) is 61.7 Å². The maximum Gasteiger partial charge on any atom is 0.0382 e. The quantitative estimate of drug-likeness (QED) is 0.488. The summed E-state index contributed by atoms with van der Waals surface area (Å²) in [6, 6.07) is 16.9. The molecule has 0 fully saturated rings. The summed E-state index contributed by atoms with van der Waals surface area (Å²) in [6.07, 6.45) is 2.98. The van der Waals surface area contributed by atoms with Crippen LogP contribution in [0.15, 0.2) is 60.7 Å². The lowest BCUT2D eigenvalue weighted by Crippen LogP contribution is -1.88. The van der Waals surface area contributed by atoms with E-state index in [-0.39, 0.29) is 0 Å². The summed E-state index contributed by atoms with van der Waals surface area (Å²) in [6.45, 7) is 6.24. The van der Waals surface area contributed by atoms with E-state index in [2.05, 4.69) is 90.4 Å². The molecule has 2 aromatic carbocycles. The summed E-state index contributed by atoms with van der Waals surface area (Å²) < 4.78 is 1.22. The van der Waals surface area contributed by atoms with Gasteiger partial charge >= 0.3 is 0 Å². The van der Waals surface area contributed by atoms with E-state index in [0.717, 1.165) is 30.4 Å². The van der Waals surface area contributed by atoms with Gasteiger partial charge in [0, 0.05) is 9.13 Å². The molecule has 2 aromatic rings. The van der Waals surface area contributed by atoms with Crippen LogP contribution in [0.4, 0.5) is 0 Å². The Morgan fingerprint density at radius 2 is 1.86 bits per heavy atom. The second-order valence-electron chi connectivity index (χ2n) is 5.01. The van der Waals surface area contributed by atoms with E-state index in [4.69, 9.17) is 0 Å². The second kappa shape index (κ2) is 8.05. The lowest BCUT2D eigenvalue weighted by Gasteiger charge is -2.01. The first-order valence-electron chi connectivity index (χ1n) is 7.21. The van der Waals surface area contributed by atoms with Gasteiger partial charge in [0.05, 0.1) is 0 Å². The fourth-order valence-corrected chi connectivity index (χ4v) is 2.75. The lowest BCUT2D eigenvalue weighted by molar-refractivity contribution is 0.976. The highest BCUT2D eigenvalue weighted by Crippen LogP contribution is 2.14. The summed E-state index contributed by atoms with van der Waals surface area (Å²) >= 11 is 2.35. The van der Waals surface area contributed by atoms with Crippen molar-refractivity contribution >= 4 is 22.6 Å². The summed E-state index contributed by atoms with van der Waals surface area (Å²) in [7, 11) is 0. The Labute approximate surface area is 141 Å². The summed E-state index contributed by atoms with van der Waals surface area (Å²) in [5.41, 5.74) is 4.78. The number of aryl methyl sites for hydroxylation is 2. The van der Waals surface area contributed by atoms with Crippen LogP contribution in [0, 0.1) is 15.4 Å². The average molecular weight is 386 g/mol. The molecule has 0 saturated heterocycles. The van der Waals surface area contributed by atoms with Gasteiger partial charge in [0.15, 0.2) is 0 Å². The molecule has 0 aliphatic heterocycles. The molecule has 0 aliphatic carbocycles. The summed E-state index contributed by atoms with van der Waals surface area (Å²) in [5.74, 6) is 6.44. The first-order valence-corrected chi connectivity index (χ1v) is 8.29. The Balaban J connectivity index is 1.97. The van der Waals surface area contributed by atoms with Gasteiger partial charge in [0.1, 0.15) is 0 Å². The molecule has 0 heterocycles. The van der Waals surface area contributed by atoms with E-state index in [0.29, 0.717) is 0 Å². The van der Waals surface area contributed by atoms with E-state index in [9.17, 15) is 0 Å². The van der Waals surface area contributed by atoms with Crippen molar-refractivity contribution in [3.63, 3.8) is 0 Å². The van der Waals surface area contributed by atoms with Gasteiger partial charge in [-0.3, -0.25) is 0 Å².